The first kappa shape index (κ1) is 14.7. The first-order valence-electron chi connectivity index (χ1n) is 5.92. The molecule has 0 aromatic heterocycles. The molecule has 0 aliphatic heterocycles. The molecule has 0 bridgehead atoms. The molecule has 0 aliphatic rings. The Morgan fingerprint density at radius 2 is 2.06 bits per heavy atom. The molecular formula is C14H18ClNO2. The third kappa shape index (κ3) is 4.51. The van der Waals surface area contributed by atoms with E-state index in [9.17, 15) is 4.79 Å². The fourth-order valence-electron chi connectivity index (χ4n) is 1.53. The molecule has 0 saturated heterocycles. The van der Waals surface area contributed by atoms with E-state index in [1.807, 2.05) is 13.8 Å². The van der Waals surface area contributed by atoms with Crippen LogP contribution in [0.4, 0.5) is 0 Å². The molecule has 0 aliphatic carbocycles. The number of aliphatic hydroxyl groups excluding tert-OH is 1. The van der Waals surface area contributed by atoms with Crippen molar-refractivity contribution in [1.82, 2.24) is 5.32 Å². The number of hydrogen-bond acceptors (Lipinski definition) is 3. The lowest BCUT2D eigenvalue weighted by Gasteiger charge is -2.15. The Bertz CT molecular complexity index is 422. The van der Waals surface area contributed by atoms with Gasteiger partial charge < -0.3 is 10.4 Å². The number of rotatable bonds is 6. The summed E-state index contributed by atoms with van der Waals surface area (Å²) >= 11 is 5.76. The van der Waals surface area contributed by atoms with Gasteiger partial charge in [0.1, 0.15) is 0 Å². The Morgan fingerprint density at radius 3 is 2.56 bits per heavy atom. The third-order valence-corrected chi connectivity index (χ3v) is 2.87. The highest BCUT2D eigenvalue weighted by molar-refractivity contribution is 6.30. The predicted octanol–water partition coefficient (Wildman–Crippen LogP) is 2.79. The zero-order valence-corrected chi connectivity index (χ0v) is 11.4. The number of ketones is 1. The predicted molar refractivity (Wildman–Crippen MR) is 73.8 cm³/mol. The van der Waals surface area contributed by atoms with Crippen LogP contribution in [0.15, 0.2) is 36.0 Å². The largest absolute Gasteiger partial charge is 0.394 e. The quantitative estimate of drug-likeness (QED) is 0.616. The Hall–Kier alpha value is -1.32. The van der Waals surface area contributed by atoms with Crippen LogP contribution in [-0.4, -0.2) is 23.5 Å². The monoisotopic (exact) mass is 267 g/mol. The highest BCUT2D eigenvalue weighted by atomic mass is 35.5. The number of aliphatic hydroxyl groups is 1. The van der Waals surface area contributed by atoms with Crippen LogP contribution in [0, 0.1) is 0 Å². The summed E-state index contributed by atoms with van der Waals surface area (Å²) in [5, 5.41) is 12.8. The van der Waals surface area contributed by atoms with Crippen molar-refractivity contribution in [2.24, 2.45) is 0 Å². The van der Waals surface area contributed by atoms with E-state index >= 15 is 0 Å². The zero-order chi connectivity index (χ0) is 13.5. The summed E-state index contributed by atoms with van der Waals surface area (Å²) in [7, 11) is 0. The number of carbonyl (C=O) groups is 1. The first-order valence-corrected chi connectivity index (χ1v) is 6.30. The molecule has 18 heavy (non-hydrogen) atoms. The van der Waals surface area contributed by atoms with Gasteiger partial charge in [0.15, 0.2) is 5.78 Å². The van der Waals surface area contributed by atoms with Crippen LogP contribution in [-0.2, 0) is 0 Å². The van der Waals surface area contributed by atoms with Crippen LogP contribution in [0.1, 0.15) is 30.6 Å². The van der Waals surface area contributed by atoms with Crippen molar-refractivity contribution >= 4 is 17.4 Å². The Balaban J connectivity index is 2.70. The lowest BCUT2D eigenvalue weighted by molar-refractivity contribution is 0.104. The number of allylic oxidation sites excluding steroid dienone is 2. The van der Waals surface area contributed by atoms with Gasteiger partial charge in [-0.1, -0.05) is 18.5 Å². The molecule has 0 fully saturated rings. The van der Waals surface area contributed by atoms with Crippen LogP contribution >= 0.6 is 11.6 Å². The summed E-state index contributed by atoms with van der Waals surface area (Å²) in [6.45, 7) is 3.84. The van der Waals surface area contributed by atoms with E-state index in [1.165, 1.54) is 6.08 Å². The fourth-order valence-corrected chi connectivity index (χ4v) is 1.66. The standard InChI is InChI=1S/C14H18ClNO2/c1-3-13(9-17)16-10(2)8-14(18)11-4-6-12(15)7-5-11/h4-8,13,16-17H,3,9H2,1-2H3/b10-8+. The summed E-state index contributed by atoms with van der Waals surface area (Å²) in [5.41, 5.74) is 1.34. The van der Waals surface area contributed by atoms with Gasteiger partial charge in [-0.3, -0.25) is 4.79 Å². The molecule has 0 radical (unpaired) electrons. The maximum atomic E-state index is 11.9. The molecule has 4 heteroatoms. The van der Waals surface area contributed by atoms with E-state index < -0.39 is 0 Å². The van der Waals surface area contributed by atoms with Crippen molar-refractivity contribution in [2.75, 3.05) is 6.61 Å². The van der Waals surface area contributed by atoms with Crippen molar-refractivity contribution in [2.45, 2.75) is 26.3 Å². The van der Waals surface area contributed by atoms with Gasteiger partial charge in [0.05, 0.1) is 6.61 Å². The van der Waals surface area contributed by atoms with Gasteiger partial charge >= 0.3 is 0 Å². The first-order chi connectivity index (χ1) is 8.56. The average molecular weight is 268 g/mol. The maximum absolute atomic E-state index is 11.9. The minimum absolute atomic E-state index is 0.0146. The van der Waals surface area contributed by atoms with Crippen molar-refractivity contribution in [1.29, 1.82) is 0 Å². The molecule has 1 atom stereocenters. The Morgan fingerprint density at radius 1 is 1.44 bits per heavy atom. The van der Waals surface area contributed by atoms with Gasteiger partial charge in [-0.05, 0) is 37.6 Å². The molecule has 1 aromatic carbocycles. The van der Waals surface area contributed by atoms with Gasteiger partial charge in [-0.25, -0.2) is 0 Å². The molecule has 0 amide bonds. The zero-order valence-electron chi connectivity index (χ0n) is 10.6. The van der Waals surface area contributed by atoms with Gasteiger partial charge in [0, 0.05) is 28.4 Å². The number of carbonyl (C=O) groups excluding carboxylic acids is 1. The van der Waals surface area contributed by atoms with E-state index in [0.717, 1.165) is 12.1 Å². The van der Waals surface area contributed by atoms with Crippen LogP contribution < -0.4 is 5.32 Å². The van der Waals surface area contributed by atoms with Gasteiger partial charge in [0.2, 0.25) is 0 Å². The minimum atomic E-state index is -0.0792. The highest BCUT2D eigenvalue weighted by Gasteiger charge is 2.06. The summed E-state index contributed by atoms with van der Waals surface area (Å²) in [6, 6.07) is 6.75. The molecular weight excluding hydrogens is 250 g/mol. The second-order valence-corrected chi connectivity index (χ2v) is 4.57. The number of halogens is 1. The summed E-state index contributed by atoms with van der Waals surface area (Å²) in [5.74, 6) is -0.0792. The second kappa shape index (κ2) is 7.19. The van der Waals surface area contributed by atoms with Crippen LogP contribution in [0.5, 0.6) is 0 Å². The van der Waals surface area contributed by atoms with E-state index in [4.69, 9.17) is 16.7 Å². The lowest BCUT2D eigenvalue weighted by atomic mass is 10.1. The van der Waals surface area contributed by atoms with Crippen molar-refractivity contribution in [3.63, 3.8) is 0 Å². The highest BCUT2D eigenvalue weighted by Crippen LogP contribution is 2.11. The number of nitrogens with one attached hydrogen (secondary N) is 1. The summed E-state index contributed by atoms with van der Waals surface area (Å²) < 4.78 is 0. The van der Waals surface area contributed by atoms with E-state index in [-0.39, 0.29) is 18.4 Å². The third-order valence-electron chi connectivity index (χ3n) is 2.62. The van der Waals surface area contributed by atoms with Crippen molar-refractivity contribution < 1.29 is 9.90 Å². The van der Waals surface area contributed by atoms with Crippen molar-refractivity contribution in [3.8, 4) is 0 Å². The summed E-state index contributed by atoms with van der Waals surface area (Å²) in [4.78, 5) is 11.9. The number of hydrogen-bond donors (Lipinski definition) is 2. The van der Waals surface area contributed by atoms with Crippen LogP contribution in [0.2, 0.25) is 5.02 Å². The molecule has 0 saturated carbocycles. The molecule has 2 N–H and O–H groups in total. The van der Waals surface area contributed by atoms with Crippen LogP contribution in [0.3, 0.4) is 0 Å². The molecule has 0 heterocycles. The fraction of sp³-hybridized carbons (Fsp3) is 0.357. The van der Waals surface area contributed by atoms with E-state index in [1.54, 1.807) is 24.3 Å². The average Bonchev–Trinajstić information content (AvgIpc) is 2.36. The van der Waals surface area contributed by atoms with E-state index in [0.29, 0.717) is 10.6 Å². The molecule has 0 spiro atoms. The van der Waals surface area contributed by atoms with Gasteiger partial charge in [-0.2, -0.15) is 0 Å². The Kier molecular flexibility index (Phi) is 5.89. The molecule has 98 valence electrons. The molecule has 3 nitrogen and oxygen atoms in total. The van der Waals surface area contributed by atoms with Crippen LogP contribution in [0.25, 0.3) is 0 Å². The molecule has 1 aromatic rings. The lowest BCUT2D eigenvalue weighted by Crippen LogP contribution is -2.30. The number of benzene rings is 1. The molecule has 1 unspecified atom stereocenters. The second-order valence-electron chi connectivity index (χ2n) is 4.13. The smallest absolute Gasteiger partial charge is 0.187 e. The Labute approximate surface area is 112 Å². The normalized spacial score (nSPS) is 13.2. The van der Waals surface area contributed by atoms with Crippen molar-refractivity contribution in [3.05, 3.63) is 46.6 Å². The summed E-state index contributed by atoms with van der Waals surface area (Å²) in [6.07, 6.45) is 2.33. The molecule has 1 rings (SSSR count). The van der Waals surface area contributed by atoms with E-state index in [2.05, 4.69) is 5.32 Å². The maximum Gasteiger partial charge on any atom is 0.187 e. The minimum Gasteiger partial charge on any atom is -0.394 e. The van der Waals surface area contributed by atoms with Gasteiger partial charge in [-0.15, -0.1) is 0 Å². The SMILES string of the molecule is CCC(CO)N/C(C)=C/C(=O)c1ccc(Cl)cc1. The van der Waals surface area contributed by atoms with Gasteiger partial charge in [0.25, 0.3) is 0 Å². The topological polar surface area (TPSA) is 49.3 Å².